The number of nitrogens with one attached hydrogen (secondary N) is 2. The first kappa shape index (κ1) is 21.5. The van der Waals surface area contributed by atoms with Crippen molar-refractivity contribution in [1.82, 2.24) is 14.8 Å². The number of aryl methyl sites for hydroxylation is 2. The van der Waals surface area contributed by atoms with Crippen LogP contribution < -0.4 is 10.6 Å². The Bertz CT molecular complexity index is 883. The molecule has 0 spiro atoms. The Hall–Kier alpha value is -3.20. The summed E-state index contributed by atoms with van der Waals surface area (Å²) in [6.45, 7) is 5.10. The van der Waals surface area contributed by atoms with Crippen molar-refractivity contribution in [2.24, 2.45) is 0 Å². The zero-order valence-electron chi connectivity index (χ0n) is 16.9. The first-order valence-corrected chi connectivity index (χ1v) is 9.89. The minimum Gasteiger partial charge on any atom is -0.465 e. The summed E-state index contributed by atoms with van der Waals surface area (Å²) in [5, 5.41) is 14.3. The van der Waals surface area contributed by atoms with Gasteiger partial charge >= 0.3 is 12.1 Å². The second-order valence-electron chi connectivity index (χ2n) is 7.33. The number of hydrogen-bond acceptors (Lipinski definition) is 4. The van der Waals surface area contributed by atoms with Gasteiger partial charge in [-0.15, -0.1) is 0 Å². The summed E-state index contributed by atoms with van der Waals surface area (Å²) >= 11 is 0. The Morgan fingerprint density at radius 2 is 1.83 bits per heavy atom. The first-order valence-electron chi connectivity index (χ1n) is 9.89. The number of rotatable bonds is 6. The number of nitrogens with zero attached hydrogens (tertiary/aromatic N) is 3. The van der Waals surface area contributed by atoms with E-state index in [4.69, 9.17) is 5.11 Å². The van der Waals surface area contributed by atoms with Crippen LogP contribution in [0.3, 0.4) is 0 Å². The van der Waals surface area contributed by atoms with E-state index in [9.17, 15) is 14.0 Å². The number of carboxylic acid groups (broad SMARTS) is 1. The van der Waals surface area contributed by atoms with Crippen LogP contribution >= 0.6 is 0 Å². The van der Waals surface area contributed by atoms with E-state index in [-0.39, 0.29) is 0 Å². The molecule has 0 radical (unpaired) electrons. The van der Waals surface area contributed by atoms with E-state index < -0.39 is 17.9 Å². The van der Waals surface area contributed by atoms with Crippen LogP contribution in [0.15, 0.2) is 36.5 Å². The lowest BCUT2D eigenvalue weighted by molar-refractivity contribution is 0.105. The molecule has 1 aromatic heterocycles. The van der Waals surface area contributed by atoms with Gasteiger partial charge in [-0.25, -0.2) is 14.0 Å². The quantitative estimate of drug-likeness (QED) is 0.672. The molecule has 0 unspecified atom stereocenters. The van der Waals surface area contributed by atoms with E-state index in [0.29, 0.717) is 44.0 Å². The highest BCUT2D eigenvalue weighted by atomic mass is 19.1. The number of carbonyl (C=O) groups excluding carboxylic acids is 1. The predicted molar refractivity (Wildman–Crippen MR) is 112 cm³/mol. The number of piperazine rings is 1. The van der Waals surface area contributed by atoms with Crippen LogP contribution in [0, 0.1) is 12.7 Å². The number of halogens is 1. The largest absolute Gasteiger partial charge is 0.465 e. The van der Waals surface area contributed by atoms with Crippen molar-refractivity contribution in [3.63, 3.8) is 0 Å². The normalized spacial score (nSPS) is 14.4. The minimum absolute atomic E-state index is 0.387. The summed E-state index contributed by atoms with van der Waals surface area (Å²) in [5.41, 5.74) is 2.58. The van der Waals surface area contributed by atoms with Gasteiger partial charge in [0, 0.05) is 37.6 Å². The number of urea groups is 1. The van der Waals surface area contributed by atoms with E-state index >= 15 is 0 Å². The van der Waals surface area contributed by atoms with E-state index in [1.807, 2.05) is 6.92 Å². The lowest BCUT2D eigenvalue weighted by Crippen LogP contribution is -2.48. The number of amides is 3. The molecule has 1 fully saturated rings. The molecule has 0 aliphatic carbocycles. The van der Waals surface area contributed by atoms with Crippen molar-refractivity contribution in [3.05, 3.63) is 53.6 Å². The molecule has 1 aliphatic heterocycles. The van der Waals surface area contributed by atoms with Crippen molar-refractivity contribution in [2.75, 3.05) is 43.4 Å². The van der Waals surface area contributed by atoms with Gasteiger partial charge in [0.05, 0.1) is 11.9 Å². The fraction of sp³-hybridized carbons (Fsp3) is 0.381. The lowest BCUT2D eigenvalue weighted by Gasteiger charge is -2.33. The van der Waals surface area contributed by atoms with Crippen molar-refractivity contribution < 1.29 is 19.1 Å². The maximum atomic E-state index is 14.0. The molecule has 0 bridgehead atoms. The van der Waals surface area contributed by atoms with Gasteiger partial charge in [0.15, 0.2) is 0 Å². The number of benzene rings is 1. The summed E-state index contributed by atoms with van der Waals surface area (Å²) in [6, 6.07) is 7.58. The highest BCUT2D eigenvalue weighted by Crippen LogP contribution is 2.17. The van der Waals surface area contributed by atoms with E-state index in [0.717, 1.165) is 24.2 Å². The number of carbonyl (C=O) groups is 2. The number of pyridine rings is 1. The van der Waals surface area contributed by atoms with Gasteiger partial charge in [-0.2, -0.15) is 0 Å². The molecular formula is C21H26FN5O3. The summed E-state index contributed by atoms with van der Waals surface area (Å²) in [5.74, 6) is -0.408. The van der Waals surface area contributed by atoms with Crippen molar-refractivity contribution in [3.8, 4) is 0 Å². The fourth-order valence-electron chi connectivity index (χ4n) is 3.37. The molecule has 30 heavy (non-hydrogen) atoms. The van der Waals surface area contributed by atoms with Gasteiger partial charge in [0.1, 0.15) is 5.82 Å². The maximum Gasteiger partial charge on any atom is 0.407 e. The Labute approximate surface area is 174 Å². The van der Waals surface area contributed by atoms with E-state index in [1.165, 1.54) is 17.0 Å². The third-order valence-electron chi connectivity index (χ3n) is 4.97. The summed E-state index contributed by atoms with van der Waals surface area (Å²) < 4.78 is 14.0. The second kappa shape index (κ2) is 10.0. The number of aromatic nitrogens is 1. The molecule has 3 N–H and O–H groups in total. The van der Waals surface area contributed by atoms with Gasteiger partial charge < -0.3 is 20.6 Å². The van der Waals surface area contributed by atoms with Crippen LogP contribution in [0.1, 0.15) is 17.7 Å². The third-order valence-corrected chi connectivity index (χ3v) is 4.97. The predicted octanol–water partition coefficient (Wildman–Crippen LogP) is 3.40. The molecule has 3 amide bonds. The lowest BCUT2D eigenvalue weighted by atomic mass is 10.1. The van der Waals surface area contributed by atoms with Crippen LogP contribution in [0.25, 0.3) is 0 Å². The minimum atomic E-state index is -0.878. The first-order chi connectivity index (χ1) is 14.4. The fourth-order valence-corrected chi connectivity index (χ4v) is 3.37. The molecule has 1 saturated heterocycles. The number of hydrogen-bond donors (Lipinski definition) is 3. The van der Waals surface area contributed by atoms with Gasteiger partial charge in [-0.1, -0.05) is 0 Å². The molecule has 8 nitrogen and oxygen atoms in total. The van der Waals surface area contributed by atoms with Crippen molar-refractivity contribution in [2.45, 2.75) is 19.8 Å². The standard InChI is InChI=1S/C21H26FN5O3/c1-15-4-5-18(14-23-15)24-20(28)25-19-12-16(11-17(22)13-19)3-2-6-26-7-9-27(10-8-26)21(29)30/h4-5,11-14H,2-3,6-10H2,1H3,(H,29,30)(H2,24,25,28). The van der Waals surface area contributed by atoms with Crippen molar-refractivity contribution in [1.29, 1.82) is 0 Å². The average molecular weight is 415 g/mol. The van der Waals surface area contributed by atoms with Gasteiger partial charge in [0.25, 0.3) is 0 Å². The summed E-state index contributed by atoms with van der Waals surface area (Å²) in [7, 11) is 0. The smallest absolute Gasteiger partial charge is 0.407 e. The highest BCUT2D eigenvalue weighted by molar-refractivity contribution is 5.99. The van der Waals surface area contributed by atoms with E-state index in [2.05, 4.69) is 20.5 Å². The van der Waals surface area contributed by atoms with Gasteiger partial charge in [-0.3, -0.25) is 9.88 Å². The molecule has 1 aliphatic rings. The van der Waals surface area contributed by atoms with Crippen molar-refractivity contribution >= 4 is 23.5 Å². The van der Waals surface area contributed by atoms with Crippen LogP contribution in [0.4, 0.5) is 25.4 Å². The molecule has 1 aromatic carbocycles. The third kappa shape index (κ3) is 6.41. The Kier molecular flexibility index (Phi) is 7.18. The molecule has 3 rings (SSSR count). The van der Waals surface area contributed by atoms with Crippen LogP contribution in [0.5, 0.6) is 0 Å². The molecule has 2 heterocycles. The molecule has 0 atom stereocenters. The van der Waals surface area contributed by atoms with Crippen LogP contribution in [-0.4, -0.2) is 64.7 Å². The Morgan fingerprint density at radius 1 is 1.10 bits per heavy atom. The Balaban J connectivity index is 1.48. The van der Waals surface area contributed by atoms with Gasteiger partial charge in [0.2, 0.25) is 0 Å². The van der Waals surface area contributed by atoms with Crippen LogP contribution in [-0.2, 0) is 6.42 Å². The zero-order chi connectivity index (χ0) is 21.5. The van der Waals surface area contributed by atoms with Gasteiger partial charge in [-0.05, 0) is 62.2 Å². The molecular weight excluding hydrogens is 389 g/mol. The van der Waals surface area contributed by atoms with Crippen LogP contribution in [0.2, 0.25) is 0 Å². The maximum absolute atomic E-state index is 14.0. The Morgan fingerprint density at radius 3 is 2.50 bits per heavy atom. The second-order valence-corrected chi connectivity index (χ2v) is 7.33. The molecule has 160 valence electrons. The zero-order valence-corrected chi connectivity index (χ0v) is 16.9. The number of anilines is 2. The summed E-state index contributed by atoms with van der Waals surface area (Å²) in [4.78, 5) is 30.8. The molecule has 2 aromatic rings. The molecule has 0 saturated carbocycles. The van der Waals surface area contributed by atoms with E-state index in [1.54, 1.807) is 24.4 Å². The highest BCUT2D eigenvalue weighted by Gasteiger charge is 2.19. The topological polar surface area (TPSA) is 97.8 Å². The molecule has 9 heteroatoms. The average Bonchev–Trinajstić information content (AvgIpc) is 2.69. The SMILES string of the molecule is Cc1ccc(NC(=O)Nc2cc(F)cc(CCCN3CCN(C(=O)O)CC3)c2)cn1. The monoisotopic (exact) mass is 415 g/mol. The summed E-state index contributed by atoms with van der Waals surface area (Å²) in [6.07, 6.45) is 2.16.